The van der Waals surface area contributed by atoms with Crippen LogP contribution < -0.4 is 0 Å². The summed E-state index contributed by atoms with van der Waals surface area (Å²) < 4.78 is 2.44. The first-order valence-corrected chi connectivity index (χ1v) is 24.6. The maximum Gasteiger partial charge on any atom is 0.0541 e. The van der Waals surface area contributed by atoms with Crippen LogP contribution in [0.4, 0.5) is 0 Å². The van der Waals surface area contributed by atoms with Gasteiger partial charge >= 0.3 is 0 Å². The molecule has 0 fully saturated rings. The molecular formula is C70H45N. The van der Waals surface area contributed by atoms with E-state index in [-0.39, 0.29) is 0 Å². The van der Waals surface area contributed by atoms with Gasteiger partial charge in [-0.05, 0) is 146 Å². The third kappa shape index (κ3) is 6.70. The van der Waals surface area contributed by atoms with Crippen LogP contribution in [0.1, 0.15) is 0 Å². The topological polar surface area (TPSA) is 4.93 Å². The Morgan fingerprint density at radius 3 is 0.732 bits per heavy atom. The highest BCUT2D eigenvalue weighted by atomic mass is 15.0. The van der Waals surface area contributed by atoms with Crippen LogP contribution in [0.3, 0.4) is 0 Å². The van der Waals surface area contributed by atoms with Gasteiger partial charge in [0.1, 0.15) is 0 Å². The second-order valence-corrected chi connectivity index (χ2v) is 18.7. The molecule has 0 radical (unpaired) electrons. The molecule has 13 aromatic carbocycles. The van der Waals surface area contributed by atoms with Gasteiger partial charge in [-0.25, -0.2) is 0 Å². The van der Waals surface area contributed by atoms with Crippen molar-refractivity contribution in [3.8, 4) is 72.4 Å². The zero-order chi connectivity index (χ0) is 46.8. The minimum absolute atomic E-state index is 1.14. The Morgan fingerprint density at radius 1 is 0.169 bits per heavy atom. The van der Waals surface area contributed by atoms with Gasteiger partial charge in [-0.1, -0.05) is 237 Å². The summed E-state index contributed by atoms with van der Waals surface area (Å²) in [6.07, 6.45) is 0. The van der Waals surface area contributed by atoms with Crippen molar-refractivity contribution < 1.29 is 0 Å². The van der Waals surface area contributed by atoms with Gasteiger partial charge in [-0.2, -0.15) is 0 Å². The molecule has 1 aromatic heterocycles. The summed E-state index contributed by atoms with van der Waals surface area (Å²) in [5, 5.41) is 12.4. The molecule has 0 aliphatic carbocycles. The Hall–Kier alpha value is -9.30. The standard InChI is InChI=1S/C70H45N/c1-4-18-46(19-5-1)48-32-36-50(37-33-48)67-55-24-10-14-28-59(55)69(60-29-15-11-25-56(60)67)52-40-42-65-63(44-52)64-45-53(41-43-66(64)71(65)54-22-8-3-9-23-54)70-61-30-16-12-26-57(61)68(58-27-13-17-31-62(58)70)51-38-34-49(35-39-51)47-20-6-2-7-21-47/h1-45H. The maximum atomic E-state index is 2.46. The first-order chi connectivity index (χ1) is 35.2. The number of hydrogen-bond acceptors (Lipinski definition) is 0. The van der Waals surface area contributed by atoms with Crippen molar-refractivity contribution in [3.05, 3.63) is 273 Å². The van der Waals surface area contributed by atoms with Crippen molar-refractivity contribution >= 4 is 64.9 Å². The Bertz CT molecular complexity index is 3960. The molecule has 0 saturated carbocycles. The first kappa shape index (κ1) is 40.7. The number of fused-ring (bicyclic) bond motifs is 7. The number of nitrogens with zero attached hydrogens (tertiary/aromatic N) is 1. The summed E-state index contributed by atoms with van der Waals surface area (Å²) in [4.78, 5) is 0. The molecule has 14 rings (SSSR count). The highest BCUT2D eigenvalue weighted by Crippen LogP contribution is 2.48. The lowest BCUT2D eigenvalue weighted by atomic mass is 9.85. The van der Waals surface area contributed by atoms with Crippen molar-refractivity contribution in [1.29, 1.82) is 0 Å². The Kier molecular flexibility index (Phi) is 9.60. The zero-order valence-electron chi connectivity index (χ0n) is 38.9. The van der Waals surface area contributed by atoms with Gasteiger partial charge in [0.15, 0.2) is 0 Å². The average Bonchev–Trinajstić information content (AvgIpc) is 3.77. The molecule has 1 heteroatoms. The molecule has 1 nitrogen and oxygen atoms in total. The normalized spacial score (nSPS) is 11.7. The zero-order valence-corrected chi connectivity index (χ0v) is 38.9. The summed E-state index contributed by atoms with van der Waals surface area (Å²) in [5.74, 6) is 0. The summed E-state index contributed by atoms with van der Waals surface area (Å²) >= 11 is 0. The average molecular weight is 900 g/mol. The predicted molar refractivity (Wildman–Crippen MR) is 303 cm³/mol. The molecule has 0 aliphatic rings. The first-order valence-electron chi connectivity index (χ1n) is 24.6. The summed E-state index contributed by atoms with van der Waals surface area (Å²) in [7, 11) is 0. The SMILES string of the molecule is c1ccc(-c2ccc(-c3c4ccccc4c(-c4ccc5c(c4)c4cc(-c6c7ccccc7c(-c7ccc(-c8ccccc8)cc7)c7ccccc67)ccc4n5-c4ccccc4)c4ccccc34)cc2)cc1. The van der Waals surface area contributed by atoms with E-state index >= 15 is 0 Å². The number of para-hydroxylation sites is 1. The van der Waals surface area contributed by atoms with Crippen LogP contribution in [0, 0.1) is 0 Å². The number of hydrogen-bond donors (Lipinski definition) is 0. The fraction of sp³-hybridized carbons (Fsp3) is 0. The second kappa shape index (κ2) is 16.7. The highest BCUT2D eigenvalue weighted by molar-refractivity contribution is 6.24. The molecule has 0 bridgehead atoms. The maximum absolute atomic E-state index is 2.46. The van der Waals surface area contributed by atoms with E-state index in [1.165, 1.54) is 132 Å². The van der Waals surface area contributed by atoms with Crippen molar-refractivity contribution in [2.45, 2.75) is 0 Å². The Morgan fingerprint density at radius 2 is 0.408 bits per heavy atom. The monoisotopic (exact) mass is 899 g/mol. The molecule has 0 saturated heterocycles. The Labute approximate surface area is 412 Å². The van der Waals surface area contributed by atoms with E-state index < -0.39 is 0 Å². The predicted octanol–water partition coefficient (Wildman–Crippen LogP) is 19.4. The van der Waals surface area contributed by atoms with E-state index in [1.807, 2.05) is 0 Å². The van der Waals surface area contributed by atoms with Gasteiger partial charge < -0.3 is 4.57 Å². The van der Waals surface area contributed by atoms with Crippen LogP contribution in [-0.4, -0.2) is 4.57 Å². The molecule has 0 N–H and O–H groups in total. The fourth-order valence-electron chi connectivity index (χ4n) is 11.6. The van der Waals surface area contributed by atoms with Crippen LogP contribution in [0.5, 0.6) is 0 Å². The van der Waals surface area contributed by atoms with Gasteiger partial charge in [0, 0.05) is 16.5 Å². The van der Waals surface area contributed by atoms with Crippen molar-refractivity contribution in [3.63, 3.8) is 0 Å². The number of benzene rings is 13. The highest BCUT2D eigenvalue weighted by Gasteiger charge is 2.22. The molecule has 330 valence electrons. The van der Waals surface area contributed by atoms with Gasteiger partial charge in [-0.3, -0.25) is 0 Å². The summed E-state index contributed by atoms with van der Waals surface area (Å²) in [5.41, 5.74) is 18.3. The van der Waals surface area contributed by atoms with Crippen LogP contribution in [-0.2, 0) is 0 Å². The molecule has 0 atom stereocenters. The number of aromatic nitrogens is 1. The second-order valence-electron chi connectivity index (χ2n) is 18.7. The lowest BCUT2D eigenvalue weighted by Gasteiger charge is -2.18. The minimum Gasteiger partial charge on any atom is -0.309 e. The molecule has 0 amide bonds. The van der Waals surface area contributed by atoms with E-state index in [9.17, 15) is 0 Å². The molecule has 0 aliphatic heterocycles. The fourth-order valence-corrected chi connectivity index (χ4v) is 11.6. The minimum atomic E-state index is 1.14. The molecular weight excluding hydrogens is 855 g/mol. The van der Waals surface area contributed by atoms with Crippen molar-refractivity contribution in [2.24, 2.45) is 0 Å². The van der Waals surface area contributed by atoms with Gasteiger partial charge in [-0.15, -0.1) is 0 Å². The molecule has 0 spiro atoms. The third-order valence-corrected chi connectivity index (χ3v) is 14.8. The van der Waals surface area contributed by atoms with Crippen LogP contribution >= 0.6 is 0 Å². The lowest BCUT2D eigenvalue weighted by molar-refractivity contribution is 1.18. The van der Waals surface area contributed by atoms with E-state index in [4.69, 9.17) is 0 Å². The van der Waals surface area contributed by atoms with Crippen LogP contribution in [0.2, 0.25) is 0 Å². The molecule has 71 heavy (non-hydrogen) atoms. The molecule has 0 unspecified atom stereocenters. The third-order valence-electron chi connectivity index (χ3n) is 14.8. The molecule has 1 heterocycles. The van der Waals surface area contributed by atoms with E-state index in [0.29, 0.717) is 0 Å². The van der Waals surface area contributed by atoms with E-state index in [0.717, 1.165) is 5.69 Å². The summed E-state index contributed by atoms with van der Waals surface area (Å²) in [6, 6.07) is 101. The van der Waals surface area contributed by atoms with Crippen molar-refractivity contribution in [1.82, 2.24) is 4.57 Å². The summed E-state index contributed by atoms with van der Waals surface area (Å²) in [6.45, 7) is 0. The largest absolute Gasteiger partial charge is 0.309 e. The van der Waals surface area contributed by atoms with E-state index in [1.54, 1.807) is 0 Å². The van der Waals surface area contributed by atoms with Crippen LogP contribution in [0.15, 0.2) is 273 Å². The van der Waals surface area contributed by atoms with Gasteiger partial charge in [0.05, 0.1) is 11.0 Å². The Balaban J connectivity index is 0.983. The van der Waals surface area contributed by atoms with Gasteiger partial charge in [0.2, 0.25) is 0 Å². The van der Waals surface area contributed by atoms with Crippen LogP contribution in [0.25, 0.3) is 137 Å². The van der Waals surface area contributed by atoms with Crippen molar-refractivity contribution in [2.75, 3.05) is 0 Å². The molecule has 14 aromatic rings. The van der Waals surface area contributed by atoms with Gasteiger partial charge in [0.25, 0.3) is 0 Å². The smallest absolute Gasteiger partial charge is 0.0541 e. The quantitative estimate of drug-likeness (QED) is 0.141. The lowest BCUT2D eigenvalue weighted by Crippen LogP contribution is -1.94. The van der Waals surface area contributed by atoms with E-state index in [2.05, 4.69) is 278 Å². The number of rotatable bonds is 7.